The maximum atomic E-state index is 13.0. The number of aldehydes is 1. The van der Waals surface area contributed by atoms with Gasteiger partial charge in [-0.3, -0.25) is 9.59 Å². The van der Waals surface area contributed by atoms with Crippen molar-refractivity contribution in [1.82, 2.24) is 0 Å². The number of hydrogen-bond acceptors (Lipinski definition) is 6. The summed E-state index contributed by atoms with van der Waals surface area (Å²) in [5.41, 5.74) is -1.14. The predicted octanol–water partition coefficient (Wildman–Crippen LogP) is 3.58. The molecule has 1 aromatic rings. The number of epoxide rings is 1. The summed E-state index contributed by atoms with van der Waals surface area (Å²) in [6, 6.07) is 1.62. The highest BCUT2D eigenvalue weighted by atomic mass is 16.6. The molecule has 3 aliphatic rings. The zero-order valence-electron chi connectivity index (χ0n) is 16.9. The molecular weight excluding hydrogens is 360 g/mol. The Morgan fingerprint density at radius 2 is 2.07 bits per heavy atom. The van der Waals surface area contributed by atoms with Crippen LogP contribution in [-0.2, 0) is 19.1 Å². The number of esters is 1. The molecule has 2 saturated carbocycles. The molecule has 1 aliphatic heterocycles. The molecule has 0 radical (unpaired) electrons. The van der Waals surface area contributed by atoms with Crippen LogP contribution in [0, 0.1) is 22.7 Å². The molecule has 28 heavy (non-hydrogen) atoms. The van der Waals surface area contributed by atoms with Crippen LogP contribution in [0.25, 0.3) is 0 Å². The molecular formula is C22H28O6. The molecule has 6 heteroatoms. The fraction of sp³-hybridized carbons (Fsp3) is 0.682. The molecule has 0 bridgehead atoms. The molecule has 0 N–H and O–H groups in total. The number of ether oxygens (including phenoxy) is 2. The first-order chi connectivity index (χ1) is 13.2. The van der Waals surface area contributed by atoms with Crippen LogP contribution < -0.4 is 0 Å². The number of ketones is 1. The Balaban J connectivity index is 1.77. The summed E-state index contributed by atoms with van der Waals surface area (Å²) < 4.78 is 16.8. The summed E-state index contributed by atoms with van der Waals surface area (Å²) in [5, 5.41) is 0. The van der Waals surface area contributed by atoms with Gasteiger partial charge in [-0.1, -0.05) is 13.8 Å². The minimum Gasteiger partial charge on any atom is -0.472 e. The van der Waals surface area contributed by atoms with Crippen molar-refractivity contribution in [3.05, 3.63) is 24.2 Å². The molecule has 2 aliphatic carbocycles. The molecule has 1 aromatic heterocycles. The Bertz CT molecular complexity index is 800. The monoisotopic (exact) mass is 388 g/mol. The van der Waals surface area contributed by atoms with E-state index in [2.05, 4.69) is 13.8 Å². The van der Waals surface area contributed by atoms with Crippen LogP contribution >= 0.6 is 0 Å². The van der Waals surface area contributed by atoms with Crippen molar-refractivity contribution in [1.29, 1.82) is 0 Å². The van der Waals surface area contributed by atoms with Gasteiger partial charge in [0.2, 0.25) is 0 Å². The van der Waals surface area contributed by atoms with Crippen LogP contribution in [0.2, 0.25) is 0 Å². The molecule has 152 valence electrons. The summed E-state index contributed by atoms with van der Waals surface area (Å²) in [7, 11) is 0. The van der Waals surface area contributed by atoms with Crippen LogP contribution in [0.1, 0.15) is 63.7 Å². The fourth-order valence-corrected chi connectivity index (χ4v) is 6.22. The summed E-state index contributed by atoms with van der Waals surface area (Å²) in [4.78, 5) is 37.5. The lowest BCUT2D eigenvalue weighted by Crippen LogP contribution is -2.62. The van der Waals surface area contributed by atoms with E-state index in [-0.39, 0.29) is 47.1 Å². The highest BCUT2D eigenvalue weighted by Gasteiger charge is 2.74. The van der Waals surface area contributed by atoms with Crippen molar-refractivity contribution in [2.24, 2.45) is 22.7 Å². The third kappa shape index (κ3) is 2.53. The summed E-state index contributed by atoms with van der Waals surface area (Å²) in [6.07, 6.45) is 6.01. The molecule has 2 heterocycles. The van der Waals surface area contributed by atoms with E-state index in [1.165, 1.54) is 19.5 Å². The maximum absolute atomic E-state index is 13.0. The SMILES string of the molecule is CC(=O)OC1CC2(C)C(CCC3OC32C)C(C=O)(CC(=O)c2ccoc2)C1C. The largest absolute Gasteiger partial charge is 0.472 e. The number of furan rings is 1. The average Bonchev–Trinajstić information content (AvgIpc) is 3.07. The van der Waals surface area contributed by atoms with E-state index in [1.54, 1.807) is 6.07 Å². The maximum Gasteiger partial charge on any atom is 0.302 e. The highest BCUT2D eigenvalue weighted by Crippen LogP contribution is 2.70. The fourth-order valence-electron chi connectivity index (χ4n) is 6.22. The van der Waals surface area contributed by atoms with Crippen LogP contribution in [0.5, 0.6) is 0 Å². The number of fused-ring (bicyclic) bond motifs is 3. The minimum atomic E-state index is -0.915. The molecule has 0 spiro atoms. The Labute approximate surface area is 164 Å². The van der Waals surface area contributed by atoms with E-state index in [4.69, 9.17) is 13.9 Å². The second-order valence-corrected chi connectivity index (χ2v) is 9.24. The average molecular weight is 388 g/mol. The van der Waals surface area contributed by atoms with Gasteiger partial charge < -0.3 is 18.7 Å². The van der Waals surface area contributed by atoms with Crippen molar-refractivity contribution >= 4 is 18.0 Å². The lowest BCUT2D eigenvalue weighted by molar-refractivity contribution is -0.184. The second kappa shape index (κ2) is 6.28. The molecule has 1 saturated heterocycles. The Morgan fingerprint density at radius 3 is 2.68 bits per heavy atom. The topological polar surface area (TPSA) is 86.1 Å². The molecule has 3 fully saturated rings. The Kier molecular flexibility index (Phi) is 4.34. The van der Waals surface area contributed by atoms with Crippen molar-refractivity contribution < 1.29 is 28.3 Å². The number of carbonyl (C=O) groups is 3. The molecule has 0 amide bonds. The number of Topliss-reactive ketones (excluding diaryl/α,β-unsaturated/α-hetero) is 1. The van der Waals surface area contributed by atoms with Crippen molar-refractivity contribution in [3.63, 3.8) is 0 Å². The zero-order chi connectivity index (χ0) is 20.3. The van der Waals surface area contributed by atoms with Gasteiger partial charge in [-0.15, -0.1) is 0 Å². The number of carbonyl (C=O) groups excluding carboxylic acids is 3. The van der Waals surface area contributed by atoms with Gasteiger partial charge in [0.05, 0.1) is 23.5 Å². The number of hydrogen-bond donors (Lipinski definition) is 0. The zero-order valence-corrected chi connectivity index (χ0v) is 16.9. The first-order valence-electron chi connectivity index (χ1n) is 10.0. The van der Waals surface area contributed by atoms with Gasteiger partial charge in [-0.05, 0) is 38.2 Å². The van der Waals surface area contributed by atoms with E-state index in [1.807, 2.05) is 6.92 Å². The van der Waals surface area contributed by atoms with E-state index >= 15 is 0 Å². The van der Waals surface area contributed by atoms with Crippen molar-refractivity contribution in [3.8, 4) is 0 Å². The summed E-state index contributed by atoms with van der Waals surface area (Å²) in [5.74, 6) is -0.766. The quantitative estimate of drug-likeness (QED) is 0.332. The molecule has 7 atom stereocenters. The number of rotatable bonds is 5. The second-order valence-electron chi connectivity index (χ2n) is 9.24. The lowest BCUT2D eigenvalue weighted by Gasteiger charge is -2.59. The Morgan fingerprint density at radius 1 is 1.32 bits per heavy atom. The molecule has 6 nitrogen and oxygen atoms in total. The van der Waals surface area contributed by atoms with E-state index in [0.717, 1.165) is 19.1 Å². The van der Waals surface area contributed by atoms with Gasteiger partial charge in [-0.25, -0.2) is 0 Å². The standard InChI is InChI=1S/C22H28O6/c1-13-17(27-14(2)24)10-20(3)18(5-6-19-21(20,4)28-19)22(13,12-23)9-16(25)15-7-8-26-11-15/h7-8,11-13,17-19H,5-6,9-10H2,1-4H3. The van der Waals surface area contributed by atoms with Gasteiger partial charge in [0, 0.05) is 30.1 Å². The Hall–Kier alpha value is -1.95. The van der Waals surface area contributed by atoms with Gasteiger partial charge in [-0.2, -0.15) is 0 Å². The van der Waals surface area contributed by atoms with Gasteiger partial charge in [0.15, 0.2) is 5.78 Å². The predicted molar refractivity (Wildman–Crippen MR) is 99.6 cm³/mol. The lowest BCUT2D eigenvalue weighted by atomic mass is 9.43. The first-order valence-corrected chi connectivity index (χ1v) is 10.0. The summed E-state index contributed by atoms with van der Waals surface area (Å²) in [6.45, 7) is 7.56. The van der Waals surface area contributed by atoms with Gasteiger partial charge >= 0.3 is 5.97 Å². The minimum absolute atomic E-state index is 0.0149. The molecule has 7 unspecified atom stereocenters. The van der Waals surface area contributed by atoms with Gasteiger partial charge in [0.25, 0.3) is 0 Å². The van der Waals surface area contributed by atoms with E-state index < -0.39 is 11.5 Å². The smallest absolute Gasteiger partial charge is 0.302 e. The van der Waals surface area contributed by atoms with Crippen molar-refractivity contribution in [2.75, 3.05) is 0 Å². The third-order valence-electron chi connectivity index (χ3n) is 8.09. The van der Waals surface area contributed by atoms with Crippen LogP contribution in [0.3, 0.4) is 0 Å². The van der Waals surface area contributed by atoms with Crippen LogP contribution in [0.15, 0.2) is 23.0 Å². The summed E-state index contributed by atoms with van der Waals surface area (Å²) >= 11 is 0. The molecule has 4 rings (SSSR count). The van der Waals surface area contributed by atoms with E-state index in [0.29, 0.717) is 12.0 Å². The van der Waals surface area contributed by atoms with Crippen LogP contribution in [-0.4, -0.2) is 35.8 Å². The van der Waals surface area contributed by atoms with Crippen molar-refractivity contribution in [2.45, 2.75) is 71.2 Å². The molecule has 0 aromatic carbocycles. The van der Waals surface area contributed by atoms with E-state index in [9.17, 15) is 14.4 Å². The van der Waals surface area contributed by atoms with Crippen LogP contribution in [0.4, 0.5) is 0 Å². The highest BCUT2D eigenvalue weighted by molar-refractivity contribution is 5.97. The first kappa shape index (κ1) is 19.4. The van der Waals surface area contributed by atoms with Gasteiger partial charge in [0.1, 0.15) is 18.7 Å². The third-order valence-corrected chi connectivity index (χ3v) is 8.09. The normalized spacial score (nSPS) is 44.1.